The number of hydrogen-bond donors (Lipinski definition) is 2. The second kappa shape index (κ2) is 7.83. The van der Waals surface area contributed by atoms with E-state index in [9.17, 15) is 9.59 Å². The number of pyridine rings is 1. The van der Waals surface area contributed by atoms with Crippen molar-refractivity contribution in [3.8, 4) is 0 Å². The first kappa shape index (κ1) is 17.0. The predicted molar refractivity (Wildman–Crippen MR) is 99.7 cm³/mol. The lowest BCUT2D eigenvalue weighted by atomic mass is 10.1. The summed E-state index contributed by atoms with van der Waals surface area (Å²) in [6, 6.07) is 13.3. The Morgan fingerprint density at radius 1 is 1.12 bits per heavy atom. The van der Waals surface area contributed by atoms with Crippen LogP contribution in [0, 0.1) is 6.92 Å². The third kappa shape index (κ3) is 4.18. The van der Waals surface area contributed by atoms with Crippen LogP contribution in [0.25, 0.3) is 10.9 Å². The summed E-state index contributed by atoms with van der Waals surface area (Å²) >= 11 is 0. The van der Waals surface area contributed by atoms with E-state index in [2.05, 4.69) is 10.3 Å². The lowest BCUT2D eigenvalue weighted by Gasteiger charge is -2.09. The normalized spacial score (nSPS) is 10.9. The number of aromatic amines is 1. The lowest BCUT2D eigenvalue weighted by molar-refractivity contribution is -0.120. The van der Waals surface area contributed by atoms with Gasteiger partial charge in [-0.05, 0) is 37.5 Å². The molecule has 5 heteroatoms. The summed E-state index contributed by atoms with van der Waals surface area (Å²) in [5.74, 6) is 0.0258. The summed E-state index contributed by atoms with van der Waals surface area (Å²) < 4.78 is 1.77. The first-order chi connectivity index (χ1) is 12.1. The van der Waals surface area contributed by atoms with Crippen molar-refractivity contribution in [3.63, 3.8) is 0 Å². The molecule has 25 heavy (non-hydrogen) atoms. The molecule has 2 aromatic heterocycles. The van der Waals surface area contributed by atoms with Crippen molar-refractivity contribution in [3.05, 3.63) is 70.3 Å². The second-order valence-corrected chi connectivity index (χ2v) is 6.25. The van der Waals surface area contributed by atoms with Gasteiger partial charge in [0.1, 0.15) is 0 Å². The van der Waals surface area contributed by atoms with E-state index in [0.29, 0.717) is 19.5 Å². The SMILES string of the molecule is Cc1cccc(=O)n1CCCCNC(=O)Cc1c[nH]c2ccccc12. The van der Waals surface area contributed by atoms with Crippen molar-refractivity contribution in [1.29, 1.82) is 0 Å². The molecule has 0 radical (unpaired) electrons. The molecule has 130 valence electrons. The Balaban J connectivity index is 1.43. The van der Waals surface area contributed by atoms with Gasteiger partial charge >= 0.3 is 0 Å². The minimum atomic E-state index is 0.0258. The van der Waals surface area contributed by atoms with E-state index in [1.807, 2.05) is 43.5 Å². The molecule has 2 N–H and O–H groups in total. The second-order valence-electron chi connectivity index (χ2n) is 6.25. The number of H-pyrrole nitrogens is 1. The molecular formula is C20H23N3O2. The summed E-state index contributed by atoms with van der Waals surface area (Å²) in [5, 5.41) is 4.05. The Hall–Kier alpha value is -2.82. The van der Waals surface area contributed by atoms with E-state index in [1.54, 1.807) is 16.7 Å². The molecule has 0 saturated heterocycles. The van der Waals surface area contributed by atoms with Gasteiger partial charge in [-0.1, -0.05) is 24.3 Å². The molecule has 0 aliphatic carbocycles. The standard InChI is InChI=1S/C20H23N3O2/c1-15-7-6-10-20(25)23(15)12-5-4-11-21-19(24)13-16-14-22-18-9-3-2-8-17(16)18/h2-3,6-10,14,22H,4-5,11-13H2,1H3,(H,21,24). The van der Waals surface area contributed by atoms with Gasteiger partial charge in [0.25, 0.3) is 5.56 Å². The summed E-state index contributed by atoms with van der Waals surface area (Å²) in [6.45, 7) is 3.25. The van der Waals surface area contributed by atoms with Crippen molar-refractivity contribution in [2.75, 3.05) is 6.54 Å². The average Bonchev–Trinajstić information content (AvgIpc) is 3.00. The molecule has 0 saturated carbocycles. The Morgan fingerprint density at radius 2 is 1.96 bits per heavy atom. The fourth-order valence-electron chi connectivity index (χ4n) is 3.05. The minimum absolute atomic E-state index is 0.0258. The fraction of sp³-hybridized carbons (Fsp3) is 0.300. The number of hydrogen-bond acceptors (Lipinski definition) is 2. The third-order valence-electron chi connectivity index (χ3n) is 4.42. The molecule has 3 aromatic rings. The zero-order chi connectivity index (χ0) is 17.6. The minimum Gasteiger partial charge on any atom is -0.361 e. The number of para-hydroxylation sites is 1. The molecule has 0 fully saturated rings. The van der Waals surface area contributed by atoms with Gasteiger partial charge in [-0.15, -0.1) is 0 Å². The number of benzene rings is 1. The van der Waals surface area contributed by atoms with Crippen LogP contribution >= 0.6 is 0 Å². The van der Waals surface area contributed by atoms with E-state index in [4.69, 9.17) is 0 Å². The quantitative estimate of drug-likeness (QED) is 0.651. The number of aromatic nitrogens is 2. The number of amides is 1. The van der Waals surface area contributed by atoms with Gasteiger partial charge < -0.3 is 14.9 Å². The van der Waals surface area contributed by atoms with Crippen molar-refractivity contribution in [2.24, 2.45) is 0 Å². The maximum absolute atomic E-state index is 12.1. The highest BCUT2D eigenvalue weighted by atomic mass is 16.1. The lowest BCUT2D eigenvalue weighted by Crippen LogP contribution is -2.27. The van der Waals surface area contributed by atoms with Crippen LogP contribution in [-0.4, -0.2) is 22.0 Å². The third-order valence-corrected chi connectivity index (χ3v) is 4.42. The van der Waals surface area contributed by atoms with Gasteiger partial charge in [-0.2, -0.15) is 0 Å². The number of nitrogens with zero attached hydrogens (tertiary/aromatic N) is 1. The van der Waals surface area contributed by atoms with Crippen molar-refractivity contribution >= 4 is 16.8 Å². The first-order valence-corrected chi connectivity index (χ1v) is 8.63. The Kier molecular flexibility index (Phi) is 5.33. The first-order valence-electron chi connectivity index (χ1n) is 8.63. The van der Waals surface area contributed by atoms with Crippen LogP contribution in [0.2, 0.25) is 0 Å². The molecule has 0 aliphatic heterocycles. The summed E-state index contributed by atoms with van der Waals surface area (Å²) in [5.41, 5.74) is 3.06. The highest BCUT2D eigenvalue weighted by molar-refractivity contribution is 5.88. The van der Waals surface area contributed by atoms with Crippen LogP contribution < -0.4 is 10.9 Å². The van der Waals surface area contributed by atoms with E-state index < -0.39 is 0 Å². The number of nitrogens with one attached hydrogen (secondary N) is 2. The molecule has 0 spiro atoms. The van der Waals surface area contributed by atoms with Crippen LogP contribution in [0.5, 0.6) is 0 Å². The zero-order valence-corrected chi connectivity index (χ0v) is 14.4. The molecule has 0 atom stereocenters. The molecule has 2 heterocycles. The number of carbonyl (C=O) groups excluding carboxylic acids is 1. The number of rotatable bonds is 7. The average molecular weight is 337 g/mol. The molecule has 3 rings (SSSR count). The Labute approximate surface area is 146 Å². The molecule has 5 nitrogen and oxygen atoms in total. The molecule has 0 unspecified atom stereocenters. The van der Waals surface area contributed by atoms with Gasteiger partial charge in [-0.3, -0.25) is 9.59 Å². The Bertz CT molecular complexity index is 924. The molecule has 1 amide bonds. The van der Waals surface area contributed by atoms with Gasteiger partial charge in [0.15, 0.2) is 0 Å². The van der Waals surface area contributed by atoms with Crippen LogP contribution in [0.3, 0.4) is 0 Å². The molecule has 1 aromatic carbocycles. The van der Waals surface area contributed by atoms with E-state index in [1.165, 1.54) is 0 Å². The van der Waals surface area contributed by atoms with E-state index >= 15 is 0 Å². The largest absolute Gasteiger partial charge is 0.361 e. The number of unbranched alkanes of at least 4 members (excludes halogenated alkanes) is 1. The van der Waals surface area contributed by atoms with E-state index in [-0.39, 0.29) is 11.5 Å². The van der Waals surface area contributed by atoms with Crippen LogP contribution in [0.4, 0.5) is 0 Å². The van der Waals surface area contributed by atoms with Crippen molar-refractivity contribution in [1.82, 2.24) is 14.9 Å². The molecule has 0 aliphatic rings. The monoisotopic (exact) mass is 337 g/mol. The van der Waals surface area contributed by atoms with E-state index in [0.717, 1.165) is 35.0 Å². The van der Waals surface area contributed by atoms with Crippen molar-refractivity contribution in [2.45, 2.75) is 32.7 Å². The fourth-order valence-corrected chi connectivity index (χ4v) is 3.05. The number of carbonyl (C=O) groups is 1. The van der Waals surface area contributed by atoms with Crippen LogP contribution in [0.1, 0.15) is 24.1 Å². The molecular weight excluding hydrogens is 314 g/mol. The topological polar surface area (TPSA) is 66.9 Å². The highest BCUT2D eigenvalue weighted by Crippen LogP contribution is 2.17. The number of aryl methyl sites for hydroxylation is 1. The van der Waals surface area contributed by atoms with Gasteiger partial charge in [0.2, 0.25) is 5.91 Å². The van der Waals surface area contributed by atoms with Gasteiger partial charge in [-0.25, -0.2) is 0 Å². The summed E-state index contributed by atoms with van der Waals surface area (Å²) in [7, 11) is 0. The maximum atomic E-state index is 12.1. The Morgan fingerprint density at radius 3 is 2.80 bits per heavy atom. The zero-order valence-electron chi connectivity index (χ0n) is 14.4. The van der Waals surface area contributed by atoms with Crippen LogP contribution in [-0.2, 0) is 17.8 Å². The van der Waals surface area contributed by atoms with Gasteiger partial charge in [0.05, 0.1) is 6.42 Å². The highest BCUT2D eigenvalue weighted by Gasteiger charge is 2.08. The van der Waals surface area contributed by atoms with Crippen LogP contribution in [0.15, 0.2) is 53.5 Å². The molecule has 0 bridgehead atoms. The predicted octanol–water partition coefficient (Wildman–Crippen LogP) is 2.78. The number of fused-ring (bicyclic) bond motifs is 1. The summed E-state index contributed by atoms with van der Waals surface area (Å²) in [4.78, 5) is 27.1. The van der Waals surface area contributed by atoms with Crippen molar-refractivity contribution < 1.29 is 4.79 Å². The summed E-state index contributed by atoms with van der Waals surface area (Å²) in [6.07, 6.45) is 3.98. The smallest absolute Gasteiger partial charge is 0.250 e. The maximum Gasteiger partial charge on any atom is 0.250 e. The van der Waals surface area contributed by atoms with Gasteiger partial charge in [0, 0.05) is 41.9 Å².